The molecule has 1 heterocycles. The molecule has 3 heteroatoms. The number of hydrogen-bond donors (Lipinski definition) is 1. The Labute approximate surface area is 158 Å². The van der Waals surface area contributed by atoms with Gasteiger partial charge in [0.2, 0.25) is 5.91 Å². The van der Waals surface area contributed by atoms with Crippen molar-refractivity contribution in [2.24, 2.45) is 0 Å². The average Bonchev–Trinajstić information content (AvgIpc) is 2.66. The molecule has 1 aromatic heterocycles. The Morgan fingerprint density at radius 2 is 1.46 bits per heavy atom. The molecule has 0 fully saturated rings. The van der Waals surface area contributed by atoms with Gasteiger partial charge in [-0.3, -0.25) is 9.78 Å². The highest BCUT2D eigenvalue weighted by molar-refractivity contribution is 6.00. The van der Waals surface area contributed by atoms with Crippen LogP contribution in [0.1, 0.15) is 84.0 Å². The first-order chi connectivity index (χ1) is 12.8. The smallest absolute Gasteiger partial charge is 0.224 e. The highest BCUT2D eigenvalue weighted by Crippen LogP contribution is 2.21. The topological polar surface area (TPSA) is 42.0 Å². The predicted molar refractivity (Wildman–Crippen MR) is 111 cm³/mol. The van der Waals surface area contributed by atoms with Crippen molar-refractivity contribution in [3.63, 3.8) is 0 Å². The Morgan fingerprint density at radius 3 is 2.15 bits per heavy atom. The number of nitrogens with one attached hydrogen (secondary N) is 1. The SMILES string of the molecule is CCCCCCCCCCCCCC(=O)Nc1cccc2cccnc12. The van der Waals surface area contributed by atoms with Crippen LogP contribution in [0.4, 0.5) is 5.69 Å². The molecule has 3 nitrogen and oxygen atoms in total. The van der Waals surface area contributed by atoms with Crippen molar-refractivity contribution >= 4 is 22.5 Å². The molecule has 0 aliphatic rings. The van der Waals surface area contributed by atoms with Gasteiger partial charge < -0.3 is 5.32 Å². The number of anilines is 1. The van der Waals surface area contributed by atoms with Crippen LogP contribution >= 0.6 is 0 Å². The number of carbonyl (C=O) groups is 1. The van der Waals surface area contributed by atoms with E-state index in [2.05, 4.69) is 17.2 Å². The van der Waals surface area contributed by atoms with Crippen molar-refractivity contribution in [3.8, 4) is 0 Å². The Hall–Kier alpha value is -1.90. The molecule has 142 valence electrons. The molecule has 0 saturated carbocycles. The van der Waals surface area contributed by atoms with E-state index in [-0.39, 0.29) is 5.91 Å². The molecule has 26 heavy (non-hydrogen) atoms. The first kappa shape index (κ1) is 20.4. The van der Waals surface area contributed by atoms with Crippen LogP contribution in [0.15, 0.2) is 36.5 Å². The Morgan fingerprint density at radius 1 is 0.846 bits per heavy atom. The van der Waals surface area contributed by atoms with Crippen LogP contribution < -0.4 is 5.32 Å². The maximum absolute atomic E-state index is 12.2. The summed E-state index contributed by atoms with van der Waals surface area (Å²) in [5.41, 5.74) is 1.68. The lowest BCUT2D eigenvalue weighted by atomic mass is 10.1. The summed E-state index contributed by atoms with van der Waals surface area (Å²) in [5, 5.41) is 4.07. The van der Waals surface area contributed by atoms with Gasteiger partial charge in [0.25, 0.3) is 0 Å². The van der Waals surface area contributed by atoms with Gasteiger partial charge in [-0.1, -0.05) is 89.3 Å². The zero-order valence-corrected chi connectivity index (χ0v) is 16.3. The van der Waals surface area contributed by atoms with E-state index in [1.54, 1.807) is 6.20 Å². The van der Waals surface area contributed by atoms with Crippen molar-refractivity contribution in [2.45, 2.75) is 84.0 Å². The molecule has 0 bridgehead atoms. The lowest BCUT2D eigenvalue weighted by Gasteiger charge is -2.08. The number of benzene rings is 1. The summed E-state index contributed by atoms with van der Waals surface area (Å²) in [4.78, 5) is 16.6. The fourth-order valence-electron chi connectivity index (χ4n) is 3.37. The highest BCUT2D eigenvalue weighted by Gasteiger charge is 2.06. The van der Waals surface area contributed by atoms with Crippen LogP contribution in [-0.4, -0.2) is 10.9 Å². The standard InChI is InChI=1S/C23H34N2O/c1-2-3-4-5-6-7-8-9-10-11-12-18-22(26)25-21-17-13-15-20-16-14-19-24-23(20)21/h13-17,19H,2-12,18H2,1H3,(H,25,26). The van der Waals surface area contributed by atoms with Crippen LogP contribution in [-0.2, 0) is 4.79 Å². The van der Waals surface area contributed by atoms with Crippen molar-refractivity contribution in [1.82, 2.24) is 4.98 Å². The summed E-state index contributed by atoms with van der Waals surface area (Å²) >= 11 is 0. The monoisotopic (exact) mass is 354 g/mol. The van der Waals surface area contributed by atoms with E-state index in [4.69, 9.17) is 0 Å². The second-order valence-electron chi connectivity index (χ2n) is 7.21. The van der Waals surface area contributed by atoms with E-state index in [9.17, 15) is 4.79 Å². The number of para-hydroxylation sites is 1. The third-order valence-electron chi connectivity index (χ3n) is 4.91. The van der Waals surface area contributed by atoms with Gasteiger partial charge in [-0.15, -0.1) is 0 Å². The summed E-state index contributed by atoms with van der Waals surface area (Å²) in [6, 6.07) is 9.83. The van der Waals surface area contributed by atoms with E-state index in [1.807, 2.05) is 30.3 Å². The summed E-state index contributed by atoms with van der Waals surface area (Å²) in [5.74, 6) is 0.0964. The molecule has 0 aliphatic heterocycles. The number of nitrogens with zero attached hydrogens (tertiary/aromatic N) is 1. The molecule has 1 amide bonds. The molecule has 2 aromatic rings. The minimum absolute atomic E-state index is 0.0964. The number of fused-ring (bicyclic) bond motifs is 1. The molecule has 0 unspecified atom stereocenters. The van der Waals surface area contributed by atoms with Crippen LogP contribution in [0.2, 0.25) is 0 Å². The molecule has 0 atom stereocenters. The number of pyridine rings is 1. The van der Waals surface area contributed by atoms with Crippen molar-refractivity contribution in [1.29, 1.82) is 0 Å². The Kier molecular flexibility index (Phi) is 9.78. The van der Waals surface area contributed by atoms with Crippen LogP contribution in [0.3, 0.4) is 0 Å². The predicted octanol–water partition coefficient (Wildman–Crippen LogP) is 6.87. The molecule has 2 rings (SSSR count). The number of aromatic nitrogens is 1. The van der Waals surface area contributed by atoms with Crippen LogP contribution in [0.5, 0.6) is 0 Å². The van der Waals surface area contributed by atoms with E-state index in [0.29, 0.717) is 6.42 Å². The summed E-state index contributed by atoms with van der Waals surface area (Å²) < 4.78 is 0. The second kappa shape index (κ2) is 12.5. The molecule has 0 spiro atoms. The molecule has 0 radical (unpaired) electrons. The fourth-order valence-corrected chi connectivity index (χ4v) is 3.37. The van der Waals surface area contributed by atoms with Gasteiger partial charge >= 0.3 is 0 Å². The Balaban J connectivity index is 1.54. The summed E-state index contributed by atoms with van der Waals surface area (Å²) in [7, 11) is 0. The van der Waals surface area contributed by atoms with Crippen molar-refractivity contribution in [2.75, 3.05) is 5.32 Å². The first-order valence-electron chi connectivity index (χ1n) is 10.4. The molecular formula is C23H34N2O. The maximum atomic E-state index is 12.2. The molecular weight excluding hydrogens is 320 g/mol. The number of amides is 1. The van der Waals surface area contributed by atoms with Gasteiger partial charge in [-0.25, -0.2) is 0 Å². The second-order valence-corrected chi connectivity index (χ2v) is 7.21. The summed E-state index contributed by atoms with van der Waals surface area (Å²) in [6.07, 6.45) is 16.7. The van der Waals surface area contributed by atoms with Crippen molar-refractivity contribution in [3.05, 3.63) is 36.5 Å². The molecule has 0 saturated heterocycles. The normalized spacial score (nSPS) is 11.0. The Bertz CT molecular complexity index is 648. The van der Waals surface area contributed by atoms with E-state index in [1.165, 1.54) is 57.8 Å². The van der Waals surface area contributed by atoms with E-state index in [0.717, 1.165) is 29.4 Å². The van der Waals surface area contributed by atoms with Gasteiger partial charge in [-0.05, 0) is 18.6 Å². The third kappa shape index (κ3) is 7.55. The number of rotatable bonds is 13. The van der Waals surface area contributed by atoms with Crippen molar-refractivity contribution < 1.29 is 4.79 Å². The maximum Gasteiger partial charge on any atom is 0.224 e. The number of hydrogen-bond acceptors (Lipinski definition) is 2. The fraction of sp³-hybridized carbons (Fsp3) is 0.565. The third-order valence-corrected chi connectivity index (χ3v) is 4.91. The minimum Gasteiger partial charge on any atom is -0.324 e. The van der Waals surface area contributed by atoms with Gasteiger partial charge in [0.05, 0.1) is 11.2 Å². The largest absolute Gasteiger partial charge is 0.324 e. The zero-order valence-electron chi connectivity index (χ0n) is 16.3. The number of carbonyl (C=O) groups excluding carboxylic acids is 1. The lowest BCUT2D eigenvalue weighted by molar-refractivity contribution is -0.116. The lowest BCUT2D eigenvalue weighted by Crippen LogP contribution is -2.11. The minimum atomic E-state index is 0.0964. The molecule has 1 N–H and O–H groups in total. The number of unbranched alkanes of at least 4 members (excludes halogenated alkanes) is 10. The van der Waals surface area contributed by atoms with Gasteiger partial charge in [-0.2, -0.15) is 0 Å². The van der Waals surface area contributed by atoms with Crippen LogP contribution in [0.25, 0.3) is 10.9 Å². The quantitative estimate of drug-likeness (QED) is 0.399. The van der Waals surface area contributed by atoms with E-state index >= 15 is 0 Å². The zero-order chi connectivity index (χ0) is 18.5. The van der Waals surface area contributed by atoms with Gasteiger partial charge in [0.15, 0.2) is 0 Å². The first-order valence-corrected chi connectivity index (χ1v) is 10.4. The van der Waals surface area contributed by atoms with E-state index < -0.39 is 0 Å². The van der Waals surface area contributed by atoms with Crippen LogP contribution in [0, 0.1) is 0 Å². The molecule has 1 aromatic carbocycles. The summed E-state index contributed by atoms with van der Waals surface area (Å²) in [6.45, 7) is 2.26. The highest BCUT2D eigenvalue weighted by atomic mass is 16.1. The van der Waals surface area contributed by atoms with Gasteiger partial charge in [0.1, 0.15) is 0 Å². The van der Waals surface area contributed by atoms with Gasteiger partial charge in [0, 0.05) is 18.0 Å². The average molecular weight is 355 g/mol. The molecule has 0 aliphatic carbocycles.